The molecule has 0 radical (unpaired) electrons. The second kappa shape index (κ2) is 9.05. The van der Waals surface area contributed by atoms with Crippen molar-refractivity contribution in [2.45, 2.75) is 38.3 Å². The number of rotatable bonds is 7. The fourth-order valence-electron chi connectivity index (χ4n) is 4.58. The number of benzene rings is 1. The van der Waals surface area contributed by atoms with Crippen molar-refractivity contribution in [2.24, 2.45) is 0 Å². The van der Waals surface area contributed by atoms with E-state index in [1.54, 1.807) is 22.4 Å². The third-order valence-corrected chi connectivity index (χ3v) is 6.26. The van der Waals surface area contributed by atoms with Gasteiger partial charge in [-0.15, -0.1) is 0 Å². The van der Waals surface area contributed by atoms with Gasteiger partial charge >= 0.3 is 0 Å². The first kappa shape index (κ1) is 21.7. The summed E-state index contributed by atoms with van der Waals surface area (Å²) < 4.78 is 14.2. The molecule has 10 nitrogen and oxygen atoms in total. The average molecular weight is 453 g/mol. The Morgan fingerprint density at radius 1 is 1.27 bits per heavy atom. The van der Waals surface area contributed by atoms with Crippen LogP contribution in [0, 0.1) is 0 Å². The number of aliphatic hydroxyl groups excluding tert-OH is 1. The van der Waals surface area contributed by atoms with E-state index in [1.165, 1.54) is 0 Å². The standard InChI is InChI=1S/C23H28N6O4/c1-15(13-32-2)22-25-21(26-33-22)19-20-23(31)28(11-10-27-9-5-6-16(30)12-27)17-7-3-4-8-18(17)29(20)14-24-19/h3-4,7-8,14-16,30H,5-6,9-13H2,1-2H3. The lowest BCUT2D eigenvalue weighted by molar-refractivity contribution is 0.0690. The Labute approximate surface area is 190 Å². The Morgan fingerprint density at radius 2 is 2.09 bits per heavy atom. The number of piperidine rings is 1. The fourth-order valence-corrected chi connectivity index (χ4v) is 4.58. The largest absolute Gasteiger partial charge is 0.392 e. The molecule has 1 fully saturated rings. The van der Waals surface area contributed by atoms with E-state index in [0.29, 0.717) is 43.3 Å². The number of para-hydroxylation sites is 2. The molecule has 0 saturated carbocycles. The summed E-state index contributed by atoms with van der Waals surface area (Å²) in [5.41, 5.74) is 2.36. The summed E-state index contributed by atoms with van der Waals surface area (Å²) in [6.07, 6.45) is 3.13. The number of ether oxygens (including phenoxy) is 1. The van der Waals surface area contributed by atoms with E-state index in [9.17, 15) is 9.90 Å². The Kier molecular flexibility index (Phi) is 5.96. The highest BCUT2D eigenvalue weighted by atomic mass is 16.5. The van der Waals surface area contributed by atoms with E-state index in [0.717, 1.165) is 30.4 Å². The van der Waals surface area contributed by atoms with Crippen molar-refractivity contribution in [3.05, 3.63) is 46.8 Å². The summed E-state index contributed by atoms with van der Waals surface area (Å²) in [5.74, 6) is 0.661. The van der Waals surface area contributed by atoms with Crippen molar-refractivity contribution in [1.29, 1.82) is 0 Å². The van der Waals surface area contributed by atoms with Crippen LogP contribution in [0.5, 0.6) is 0 Å². The van der Waals surface area contributed by atoms with Gasteiger partial charge in [-0.2, -0.15) is 4.98 Å². The van der Waals surface area contributed by atoms with Crippen LogP contribution < -0.4 is 5.56 Å². The zero-order valence-electron chi connectivity index (χ0n) is 18.8. The van der Waals surface area contributed by atoms with E-state index in [4.69, 9.17) is 9.26 Å². The zero-order valence-corrected chi connectivity index (χ0v) is 18.8. The number of fused-ring (bicyclic) bond motifs is 3. The molecule has 1 saturated heterocycles. The molecule has 4 heterocycles. The van der Waals surface area contributed by atoms with Crippen molar-refractivity contribution in [1.82, 2.24) is 29.0 Å². The molecule has 3 aromatic heterocycles. The molecule has 0 aliphatic carbocycles. The van der Waals surface area contributed by atoms with Gasteiger partial charge < -0.3 is 18.9 Å². The van der Waals surface area contributed by atoms with Crippen LogP contribution in [-0.4, -0.2) is 73.6 Å². The quantitative estimate of drug-likeness (QED) is 0.453. The molecule has 0 spiro atoms. The van der Waals surface area contributed by atoms with Crippen molar-refractivity contribution in [2.75, 3.05) is 33.4 Å². The second-order valence-electron chi connectivity index (χ2n) is 8.67. The number of methoxy groups -OCH3 is 1. The summed E-state index contributed by atoms with van der Waals surface area (Å²) in [6.45, 7) is 5.14. The molecule has 2 atom stereocenters. The summed E-state index contributed by atoms with van der Waals surface area (Å²) in [4.78, 5) is 24.9. The molecule has 10 heteroatoms. The molecular formula is C23H28N6O4. The molecule has 4 aromatic rings. The van der Waals surface area contributed by atoms with Gasteiger partial charge in [-0.1, -0.05) is 24.2 Å². The predicted molar refractivity (Wildman–Crippen MR) is 122 cm³/mol. The third-order valence-electron chi connectivity index (χ3n) is 6.26. The zero-order chi connectivity index (χ0) is 22.9. The molecule has 5 rings (SSSR count). The van der Waals surface area contributed by atoms with Crippen LogP contribution in [0.4, 0.5) is 0 Å². The second-order valence-corrected chi connectivity index (χ2v) is 8.67. The van der Waals surface area contributed by atoms with Gasteiger partial charge in [0.2, 0.25) is 11.7 Å². The number of aromatic nitrogens is 5. The molecule has 0 bridgehead atoms. The third kappa shape index (κ3) is 4.05. The van der Waals surface area contributed by atoms with Gasteiger partial charge in [-0.3, -0.25) is 14.1 Å². The van der Waals surface area contributed by atoms with Crippen LogP contribution in [0.2, 0.25) is 0 Å². The monoisotopic (exact) mass is 452 g/mol. The summed E-state index contributed by atoms with van der Waals surface area (Å²) in [7, 11) is 1.62. The summed E-state index contributed by atoms with van der Waals surface area (Å²) in [5, 5.41) is 14.1. The minimum absolute atomic E-state index is 0.0671. The average Bonchev–Trinajstić information content (AvgIpc) is 3.47. The van der Waals surface area contributed by atoms with Crippen molar-refractivity contribution < 1.29 is 14.4 Å². The Morgan fingerprint density at radius 3 is 2.88 bits per heavy atom. The lowest BCUT2D eigenvalue weighted by atomic mass is 10.1. The number of likely N-dealkylation sites (tertiary alicyclic amines) is 1. The van der Waals surface area contributed by atoms with Crippen molar-refractivity contribution in [3.63, 3.8) is 0 Å². The van der Waals surface area contributed by atoms with E-state index >= 15 is 0 Å². The molecular weight excluding hydrogens is 424 g/mol. The molecule has 174 valence electrons. The topological polar surface area (TPSA) is 111 Å². The molecule has 1 aliphatic rings. The molecule has 33 heavy (non-hydrogen) atoms. The van der Waals surface area contributed by atoms with Gasteiger partial charge in [0.05, 0.1) is 29.7 Å². The number of aliphatic hydroxyl groups is 1. The molecule has 1 N–H and O–H groups in total. The van der Waals surface area contributed by atoms with Crippen LogP contribution in [0.15, 0.2) is 39.9 Å². The van der Waals surface area contributed by atoms with Crippen molar-refractivity contribution in [3.8, 4) is 11.5 Å². The molecule has 0 amide bonds. The number of hydrogen-bond acceptors (Lipinski definition) is 8. The number of imidazole rings is 1. The smallest absolute Gasteiger partial charge is 0.277 e. The Balaban J connectivity index is 1.57. The van der Waals surface area contributed by atoms with E-state index in [1.807, 2.05) is 31.2 Å². The maximum Gasteiger partial charge on any atom is 0.277 e. The first-order chi connectivity index (χ1) is 16.1. The highest BCUT2D eigenvalue weighted by molar-refractivity contribution is 5.83. The first-order valence-corrected chi connectivity index (χ1v) is 11.3. The van der Waals surface area contributed by atoms with Crippen LogP contribution >= 0.6 is 0 Å². The highest BCUT2D eigenvalue weighted by Crippen LogP contribution is 2.24. The number of hydrogen-bond donors (Lipinski definition) is 1. The Bertz CT molecular complexity index is 1330. The fraction of sp³-hybridized carbons (Fsp3) is 0.478. The lowest BCUT2D eigenvalue weighted by Gasteiger charge is -2.30. The number of nitrogens with zero attached hydrogens (tertiary/aromatic N) is 6. The van der Waals surface area contributed by atoms with Gasteiger partial charge in [0.15, 0.2) is 0 Å². The van der Waals surface area contributed by atoms with Crippen LogP contribution in [-0.2, 0) is 11.3 Å². The maximum absolute atomic E-state index is 13.7. The molecule has 1 aliphatic heterocycles. The molecule has 2 unspecified atom stereocenters. The van der Waals surface area contributed by atoms with Crippen molar-refractivity contribution >= 4 is 16.6 Å². The van der Waals surface area contributed by atoms with Gasteiger partial charge in [0, 0.05) is 26.7 Å². The van der Waals surface area contributed by atoms with Gasteiger partial charge in [0.25, 0.3) is 5.56 Å². The minimum atomic E-state index is -0.302. The maximum atomic E-state index is 13.7. The van der Waals surface area contributed by atoms with Gasteiger partial charge in [-0.05, 0) is 31.5 Å². The van der Waals surface area contributed by atoms with Gasteiger partial charge in [-0.25, -0.2) is 4.98 Å². The van der Waals surface area contributed by atoms with E-state index in [-0.39, 0.29) is 23.4 Å². The summed E-state index contributed by atoms with van der Waals surface area (Å²) >= 11 is 0. The van der Waals surface area contributed by atoms with E-state index in [2.05, 4.69) is 20.0 Å². The van der Waals surface area contributed by atoms with Crippen LogP contribution in [0.1, 0.15) is 31.6 Å². The SMILES string of the molecule is COCC(C)c1nc(-c2ncn3c2c(=O)n(CCN2CCCC(O)C2)c2ccccc23)no1. The first-order valence-electron chi connectivity index (χ1n) is 11.3. The van der Waals surface area contributed by atoms with Gasteiger partial charge in [0.1, 0.15) is 17.5 Å². The minimum Gasteiger partial charge on any atom is -0.392 e. The summed E-state index contributed by atoms with van der Waals surface area (Å²) in [6, 6.07) is 7.78. The normalized spacial score (nSPS) is 18.3. The van der Waals surface area contributed by atoms with Crippen LogP contribution in [0.25, 0.3) is 28.1 Å². The highest BCUT2D eigenvalue weighted by Gasteiger charge is 2.23. The number of β-amino-alcohol motifs (C(OH)–C–C–N with tert-alkyl or cyclic N) is 1. The Hall–Kier alpha value is -3.08. The molecule has 1 aromatic carbocycles. The predicted octanol–water partition coefficient (Wildman–Crippen LogP) is 1.91. The van der Waals surface area contributed by atoms with E-state index < -0.39 is 0 Å². The lowest BCUT2D eigenvalue weighted by Crippen LogP contribution is -2.40. The van der Waals surface area contributed by atoms with Crippen LogP contribution in [0.3, 0.4) is 0 Å².